The van der Waals surface area contributed by atoms with Crippen molar-refractivity contribution in [3.63, 3.8) is 0 Å². The maximum Gasteiger partial charge on any atom is 0.253 e. The molecule has 2 aliphatic heterocycles. The maximum atomic E-state index is 13.0. The first kappa shape index (κ1) is 17.3. The highest BCUT2D eigenvalue weighted by molar-refractivity contribution is 5.97. The molecule has 4 rings (SSSR count). The summed E-state index contributed by atoms with van der Waals surface area (Å²) in [4.78, 5) is 17.2. The average Bonchev–Trinajstić information content (AvgIpc) is 2.97. The molecule has 2 heterocycles. The van der Waals surface area contributed by atoms with E-state index in [1.807, 2.05) is 24.1 Å². The normalized spacial score (nSPS) is 22.9. The van der Waals surface area contributed by atoms with Crippen LogP contribution in [-0.4, -0.2) is 61.2 Å². The Morgan fingerprint density at radius 2 is 1.85 bits per heavy atom. The van der Waals surface area contributed by atoms with Crippen molar-refractivity contribution in [1.82, 2.24) is 9.80 Å². The summed E-state index contributed by atoms with van der Waals surface area (Å²) < 4.78 is 0. The molecule has 2 aromatic rings. The van der Waals surface area contributed by atoms with Crippen molar-refractivity contribution in [1.29, 1.82) is 0 Å². The van der Waals surface area contributed by atoms with Crippen molar-refractivity contribution in [2.75, 3.05) is 40.3 Å². The second kappa shape index (κ2) is 6.86. The minimum atomic E-state index is 0.130. The number of rotatable bonds is 3. The molecule has 1 saturated heterocycles. The zero-order valence-electron chi connectivity index (χ0n) is 15.5. The number of carbonyl (C=O) groups is 1. The van der Waals surface area contributed by atoms with Crippen LogP contribution in [0.3, 0.4) is 0 Å². The van der Waals surface area contributed by atoms with Crippen molar-refractivity contribution in [3.05, 3.63) is 59.2 Å². The minimum absolute atomic E-state index is 0.130. The number of carbonyl (C=O) groups excluding carboxylic acids is 1. The number of fused-ring (bicyclic) bond motifs is 3. The second-order valence-electron chi connectivity index (χ2n) is 7.75. The van der Waals surface area contributed by atoms with Gasteiger partial charge in [0.2, 0.25) is 0 Å². The molecule has 1 N–H and O–H groups in total. The molecule has 0 aromatic heterocycles. The van der Waals surface area contributed by atoms with Crippen LogP contribution in [0.25, 0.3) is 11.1 Å². The standard InChI is InChI=1S/C22H26N2O2/c1-23-12-18-13-24(2)22(26)20-11-17(6-7-19(20)21(18)14-23)16-5-3-4-15(10-16)8-9-25/h3-7,10-11,18,21,25H,8-9,12-14H2,1-2H3/t18-,21+/m0/s1. The summed E-state index contributed by atoms with van der Waals surface area (Å²) in [5, 5.41) is 9.19. The molecule has 0 bridgehead atoms. The van der Waals surface area contributed by atoms with Gasteiger partial charge >= 0.3 is 0 Å². The van der Waals surface area contributed by atoms with E-state index < -0.39 is 0 Å². The van der Waals surface area contributed by atoms with Crippen LogP contribution in [0.5, 0.6) is 0 Å². The molecule has 0 aliphatic carbocycles. The fourth-order valence-corrected chi connectivity index (χ4v) is 4.54. The number of hydrogen-bond donors (Lipinski definition) is 1. The Bertz CT molecular complexity index is 833. The van der Waals surface area contributed by atoms with Crippen LogP contribution >= 0.6 is 0 Å². The predicted molar refractivity (Wildman–Crippen MR) is 103 cm³/mol. The third-order valence-electron chi connectivity index (χ3n) is 5.82. The summed E-state index contributed by atoms with van der Waals surface area (Å²) in [6.07, 6.45) is 0.649. The van der Waals surface area contributed by atoms with Crippen molar-refractivity contribution in [2.24, 2.45) is 5.92 Å². The third-order valence-corrected chi connectivity index (χ3v) is 5.82. The molecule has 26 heavy (non-hydrogen) atoms. The lowest BCUT2D eigenvalue weighted by atomic mass is 9.86. The predicted octanol–water partition coefficient (Wildman–Crippen LogP) is 2.62. The van der Waals surface area contributed by atoms with Crippen LogP contribution in [0.1, 0.15) is 27.4 Å². The first-order valence-electron chi connectivity index (χ1n) is 9.35. The highest BCUT2D eigenvalue weighted by Crippen LogP contribution is 2.38. The maximum absolute atomic E-state index is 13.0. The number of nitrogens with zero attached hydrogens (tertiary/aromatic N) is 2. The van der Waals surface area contributed by atoms with Gasteiger partial charge in [0, 0.05) is 44.8 Å². The molecule has 2 aliphatic rings. The van der Waals surface area contributed by atoms with Gasteiger partial charge in [0.15, 0.2) is 0 Å². The van der Waals surface area contributed by atoms with Crippen molar-refractivity contribution >= 4 is 5.91 Å². The summed E-state index contributed by atoms with van der Waals surface area (Å²) in [6, 6.07) is 14.6. The summed E-state index contributed by atoms with van der Waals surface area (Å²) in [7, 11) is 4.08. The first-order chi connectivity index (χ1) is 12.6. The topological polar surface area (TPSA) is 43.8 Å². The molecular weight excluding hydrogens is 324 g/mol. The molecule has 0 saturated carbocycles. The van der Waals surface area contributed by atoms with Gasteiger partial charge in [-0.15, -0.1) is 0 Å². The van der Waals surface area contributed by atoms with E-state index in [0.717, 1.165) is 41.9 Å². The number of amides is 1. The first-order valence-corrected chi connectivity index (χ1v) is 9.35. The molecule has 1 amide bonds. The fraction of sp³-hybridized carbons (Fsp3) is 0.409. The second-order valence-corrected chi connectivity index (χ2v) is 7.75. The lowest BCUT2D eigenvalue weighted by Crippen LogP contribution is -2.31. The van der Waals surface area contributed by atoms with E-state index in [1.54, 1.807) is 0 Å². The van der Waals surface area contributed by atoms with Crippen LogP contribution in [0, 0.1) is 5.92 Å². The quantitative estimate of drug-likeness (QED) is 0.925. The smallest absolute Gasteiger partial charge is 0.253 e. The van der Waals surface area contributed by atoms with Crippen LogP contribution in [0.2, 0.25) is 0 Å². The number of benzene rings is 2. The van der Waals surface area contributed by atoms with Gasteiger partial charge in [0.25, 0.3) is 5.91 Å². The lowest BCUT2D eigenvalue weighted by Gasteiger charge is -2.19. The number of aliphatic hydroxyl groups excluding tert-OH is 1. The van der Waals surface area contributed by atoms with E-state index in [0.29, 0.717) is 18.3 Å². The Labute approximate surface area is 155 Å². The van der Waals surface area contributed by atoms with Gasteiger partial charge in [-0.1, -0.05) is 36.4 Å². The Morgan fingerprint density at radius 3 is 2.65 bits per heavy atom. The Balaban J connectivity index is 1.77. The van der Waals surface area contributed by atoms with Gasteiger partial charge in [-0.3, -0.25) is 4.79 Å². The van der Waals surface area contributed by atoms with Gasteiger partial charge in [-0.2, -0.15) is 0 Å². The van der Waals surface area contributed by atoms with Crippen molar-refractivity contribution in [3.8, 4) is 11.1 Å². The molecular formula is C22H26N2O2. The van der Waals surface area contributed by atoms with Crippen molar-refractivity contribution < 1.29 is 9.90 Å². The summed E-state index contributed by atoms with van der Waals surface area (Å²) >= 11 is 0. The molecule has 0 radical (unpaired) electrons. The van der Waals surface area contributed by atoms with Gasteiger partial charge in [-0.25, -0.2) is 0 Å². The monoisotopic (exact) mass is 350 g/mol. The van der Waals surface area contributed by atoms with E-state index >= 15 is 0 Å². The van der Waals surface area contributed by atoms with Crippen LogP contribution < -0.4 is 0 Å². The van der Waals surface area contributed by atoms with E-state index in [2.05, 4.69) is 42.3 Å². The van der Waals surface area contributed by atoms with E-state index in [1.165, 1.54) is 5.56 Å². The van der Waals surface area contributed by atoms with Gasteiger partial charge in [0.1, 0.15) is 0 Å². The highest BCUT2D eigenvalue weighted by atomic mass is 16.3. The molecule has 4 heteroatoms. The Morgan fingerprint density at radius 1 is 1.04 bits per heavy atom. The minimum Gasteiger partial charge on any atom is -0.396 e. The van der Waals surface area contributed by atoms with Crippen LogP contribution in [0.15, 0.2) is 42.5 Å². The number of aliphatic hydroxyl groups is 1. The van der Waals surface area contributed by atoms with Crippen LogP contribution in [-0.2, 0) is 6.42 Å². The molecule has 0 spiro atoms. The van der Waals surface area contributed by atoms with E-state index in [9.17, 15) is 9.90 Å². The van der Waals surface area contributed by atoms with Gasteiger partial charge in [0.05, 0.1) is 0 Å². The molecule has 2 aromatic carbocycles. The SMILES string of the molecule is CN1C[C@H]2CN(C)C(=O)c3cc(-c4cccc(CCO)c4)ccc3[C@@H]2C1. The fourth-order valence-electron chi connectivity index (χ4n) is 4.54. The Kier molecular flexibility index (Phi) is 4.55. The zero-order chi connectivity index (χ0) is 18.3. The highest BCUT2D eigenvalue weighted by Gasteiger charge is 2.38. The van der Waals surface area contributed by atoms with E-state index in [-0.39, 0.29) is 12.5 Å². The number of likely N-dealkylation sites (N-methyl/N-ethyl adjacent to an activating group) is 1. The largest absolute Gasteiger partial charge is 0.396 e. The lowest BCUT2D eigenvalue weighted by molar-refractivity contribution is 0.0782. The number of likely N-dealkylation sites (tertiary alicyclic amines) is 1. The van der Waals surface area contributed by atoms with Crippen molar-refractivity contribution in [2.45, 2.75) is 12.3 Å². The summed E-state index contributed by atoms with van der Waals surface area (Å²) in [5.74, 6) is 1.07. The van der Waals surface area contributed by atoms with Gasteiger partial charge < -0.3 is 14.9 Å². The summed E-state index contributed by atoms with van der Waals surface area (Å²) in [6.45, 7) is 3.04. The molecule has 4 nitrogen and oxygen atoms in total. The summed E-state index contributed by atoms with van der Waals surface area (Å²) in [5.41, 5.74) is 5.32. The Hall–Kier alpha value is -2.17. The van der Waals surface area contributed by atoms with Crippen LogP contribution in [0.4, 0.5) is 0 Å². The van der Waals surface area contributed by atoms with E-state index in [4.69, 9.17) is 0 Å². The molecule has 136 valence electrons. The van der Waals surface area contributed by atoms with Gasteiger partial charge in [-0.05, 0) is 47.7 Å². The molecule has 2 atom stereocenters. The number of hydrogen-bond acceptors (Lipinski definition) is 3. The zero-order valence-corrected chi connectivity index (χ0v) is 15.5. The molecule has 0 unspecified atom stereocenters. The average molecular weight is 350 g/mol. The third kappa shape index (κ3) is 3.04. The molecule has 1 fully saturated rings.